The molecule has 4 heteroatoms. The summed E-state index contributed by atoms with van der Waals surface area (Å²) in [4.78, 5) is 20.0. The number of hydrogen-bond acceptors (Lipinski definition) is 4. The normalized spacial score (nSPS) is 25.2. The topological polar surface area (TPSA) is 42.4 Å². The molecular formula is C22H26N2O2. The van der Waals surface area contributed by atoms with Gasteiger partial charge in [-0.1, -0.05) is 30.3 Å². The number of rotatable bonds is 5. The van der Waals surface area contributed by atoms with Crippen LogP contribution in [0.4, 0.5) is 0 Å². The summed E-state index contributed by atoms with van der Waals surface area (Å²) in [5.41, 5.74) is 3.08. The Morgan fingerprint density at radius 3 is 2.50 bits per heavy atom. The van der Waals surface area contributed by atoms with Crippen molar-refractivity contribution in [3.8, 4) is 5.88 Å². The summed E-state index contributed by atoms with van der Waals surface area (Å²) < 4.78 is 5.16. The number of aromatic nitrogens is 1. The van der Waals surface area contributed by atoms with Gasteiger partial charge in [-0.3, -0.25) is 9.69 Å². The summed E-state index contributed by atoms with van der Waals surface area (Å²) in [5.74, 6) is 0.944. The lowest BCUT2D eigenvalue weighted by Crippen LogP contribution is -2.44. The number of piperidine rings is 1. The van der Waals surface area contributed by atoms with Crippen LogP contribution in [0.3, 0.4) is 0 Å². The zero-order valence-electron chi connectivity index (χ0n) is 15.5. The second kappa shape index (κ2) is 7.20. The molecule has 2 bridgehead atoms. The molecular weight excluding hydrogens is 324 g/mol. The molecule has 0 saturated carbocycles. The first-order valence-electron chi connectivity index (χ1n) is 9.50. The third-order valence-corrected chi connectivity index (χ3v) is 6.02. The number of hydrogen-bond donors (Lipinski definition) is 0. The zero-order valence-corrected chi connectivity index (χ0v) is 15.5. The Hall–Kier alpha value is -2.20. The number of ketones is 1. The van der Waals surface area contributed by atoms with Crippen LogP contribution in [-0.2, 0) is 6.54 Å². The summed E-state index contributed by atoms with van der Waals surface area (Å²) in [6.07, 6.45) is 6.04. The molecule has 0 N–H and O–H groups in total. The van der Waals surface area contributed by atoms with Crippen molar-refractivity contribution in [1.29, 1.82) is 0 Å². The maximum absolute atomic E-state index is 13.1. The number of Topliss-reactive ketones (excluding diaryl/α,β-unsaturated/α-hetero) is 1. The van der Waals surface area contributed by atoms with Crippen LogP contribution in [0.5, 0.6) is 5.88 Å². The van der Waals surface area contributed by atoms with E-state index >= 15 is 0 Å². The number of aryl methyl sites for hydroxylation is 1. The Bertz CT molecular complexity index is 776. The van der Waals surface area contributed by atoms with Gasteiger partial charge in [-0.2, -0.15) is 0 Å². The Morgan fingerprint density at radius 1 is 1.19 bits per heavy atom. The molecule has 2 saturated heterocycles. The smallest absolute Gasteiger partial charge is 0.213 e. The van der Waals surface area contributed by atoms with Crippen molar-refractivity contribution in [2.45, 2.75) is 51.2 Å². The molecule has 4 rings (SSSR count). The molecule has 2 fully saturated rings. The van der Waals surface area contributed by atoms with Crippen molar-refractivity contribution in [3.63, 3.8) is 0 Å². The van der Waals surface area contributed by atoms with Gasteiger partial charge in [0.15, 0.2) is 5.78 Å². The minimum absolute atomic E-state index is 0.119. The number of benzene rings is 1. The quantitative estimate of drug-likeness (QED) is 0.764. The van der Waals surface area contributed by atoms with E-state index in [2.05, 4.69) is 40.2 Å². The first-order valence-corrected chi connectivity index (χ1v) is 9.50. The van der Waals surface area contributed by atoms with E-state index in [0.717, 1.165) is 30.5 Å². The third kappa shape index (κ3) is 3.26. The molecule has 26 heavy (non-hydrogen) atoms. The summed E-state index contributed by atoms with van der Waals surface area (Å²) in [5, 5.41) is 0. The number of ether oxygens (including phenoxy) is 1. The van der Waals surface area contributed by atoms with Gasteiger partial charge in [-0.15, -0.1) is 0 Å². The van der Waals surface area contributed by atoms with Crippen molar-refractivity contribution in [2.24, 2.45) is 5.92 Å². The van der Waals surface area contributed by atoms with Crippen molar-refractivity contribution < 1.29 is 9.53 Å². The summed E-state index contributed by atoms with van der Waals surface area (Å²) in [6.45, 7) is 2.97. The van der Waals surface area contributed by atoms with Gasteiger partial charge in [0.05, 0.1) is 7.11 Å². The largest absolute Gasteiger partial charge is 0.481 e. The lowest BCUT2D eigenvalue weighted by Gasteiger charge is -2.38. The number of nitrogens with zero attached hydrogens (tertiary/aromatic N) is 2. The number of methoxy groups -OCH3 is 1. The molecule has 4 nitrogen and oxygen atoms in total. The standard InChI is InChI=1S/C22H26N2O2/c1-15-10-21(26-2)23-13-20(15)22(25)17-11-18-8-9-19(12-17)24(18)14-16-6-4-3-5-7-16/h3-7,10,13,17-19H,8-9,11-12,14H2,1-2H3. The predicted octanol–water partition coefficient (Wildman–Crippen LogP) is 4.02. The van der Waals surface area contributed by atoms with E-state index in [0.29, 0.717) is 18.0 Å². The van der Waals surface area contributed by atoms with Crippen LogP contribution >= 0.6 is 0 Å². The predicted molar refractivity (Wildman–Crippen MR) is 101 cm³/mol. The minimum atomic E-state index is 0.119. The van der Waals surface area contributed by atoms with E-state index in [-0.39, 0.29) is 11.7 Å². The second-order valence-electron chi connectivity index (χ2n) is 7.62. The lowest BCUT2D eigenvalue weighted by atomic mass is 9.84. The highest BCUT2D eigenvalue weighted by molar-refractivity contribution is 5.99. The zero-order chi connectivity index (χ0) is 18.1. The molecule has 1 aromatic heterocycles. The Labute approximate surface area is 155 Å². The molecule has 0 amide bonds. The van der Waals surface area contributed by atoms with Crippen molar-refractivity contribution >= 4 is 5.78 Å². The highest BCUT2D eigenvalue weighted by Crippen LogP contribution is 2.41. The van der Waals surface area contributed by atoms with Crippen LogP contribution in [0.1, 0.15) is 47.2 Å². The Balaban J connectivity index is 1.47. The van der Waals surface area contributed by atoms with E-state index in [1.54, 1.807) is 13.3 Å². The molecule has 2 aliphatic rings. The molecule has 3 heterocycles. The van der Waals surface area contributed by atoms with Crippen molar-refractivity contribution in [3.05, 3.63) is 59.3 Å². The lowest BCUT2D eigenvalue weighted by molar-refractivity contribution is 0.0677. The van der Waals surface area contributed by atoms with Crippen LogP contribution in [0, 0.1) is 12.8 Å². The highest BCUT2D eigenvalue weighted by atomic mass is 16.5. The second-order valence-corrected chi connectivity index (χ2v) is 7.62. The molecule has 1 aromatic carbocycles. The van der Waals surface area contributed by atoms with E-state index in [1.165, 1.54) is 18.4 Å². The highest BCUT2D eigenvalue weighted by Gasteiger charge is 2.43. The SMILES string of the molecule is COc1cc(C)c(C(=O)C2CC3CCC(C2)N3Cc2ccccc2)cn1. The molecule has 2 atom stereocenters. The maximum atomic E-state index is 13.1. The van der Waals surface area contributed by atoms with E-state index in [1.807, 2.05) is 13.0 Å². The molecule has 2 aliphatic heterocycles. The first kappa shape index (κ1) is 17.2. The Morgan fingerprint density at radius 2 is 1.88 bits per heavy atom. The summed E-state index contributed by atoms with van der Waals surface area (Å²) >= 11 is 0. The van der Waals surface area contributed by atoms with Crippen LogP contribution in [0.15, 0.2) is 42.6 Å². The average Bonchev–Trinajstić information content (AvgIpc) is 2.89. The fourth-order valence-corrected chi connectivity index (χ4v) is 4.66. The molecule has 0 aliphatic carbocycles. The van der Waals surface area contributed by atoms with Crippen LogP contribution in [-0.4, -0.2) is 34.9 Å². The fourth-order valence-electron chi connectivity index (χ4n) is 4.66. The fraction of sp³-hybridized carbons (Fsp3) is 0.455. The van der Waals surface area contributed by atoms with Gasteiger partial charge in [-0.25, -0.2) is 4.98 Å². The van der Waals surface area contributed by atoms with Gasteiger partial charge < -0.3 is 4.74 Å². The molecule has 2 aromatic rings. The van der Waals surface area contributed by atoms with Crippen LogP contribution in [0.2, 0.25) is 0 Å². The van der Waals surface area contributed by atoms with Gasteiger partial charge in [0, 0.05) is 42.4 Å². The number of carbonyl (C=O) groups excluding carboxylic acids is 1. The maximum Gasteiger partial charge on any atom is 0.213 e. The molecule has 2 unspecified atom stereocenters. The number of pyridine rings is 1. The molecule has 0 radical (unpaired) electrons. The monoisotopic (exact) mass is 350 g/mol. The van der Waals surface area contributed by atoms with Gasteiger partial charge in [0.25, 0.3) is 0 Å². The van der Waals surface area contributed by atoms with Crippen LogP contribution in [0.25, 0.3) is 0 Å². The van der Waals surface area contributed by atoms with Crippen LogP contribution < -0.4 is 4.74 Å². The number of carbonyl (C=O) groups is 1. The average molecular weight is 350 g/mol. The van der Waals surface area contributed by atoms with Gasteiger partial charge in [-0.05, 0) is 43.7 Å². The molecule has 136 valence electrons. The van der Waals surface area contributed by atoms with Gasteiger partial charge in [0.2, 0.25) is 5.88 Å². The van der Waals surface area contributed by atoms with Gasteiger partial charge in [0.1, 0.15) is 0 Å². The summed E-state index contributed by atoms with van der Waals surface area (Å²) in [6, 6.07) is 13.6. The van der Waals surface area contributed by atoms with Gasteiger partial charge >= 0.3 is 0 Å². The van der Waals surface area contributed by atoms with E-state index in [4.69, 9.17) is 4.74 Å². The van der Waals surface area contributed by atoms with E-state index in [9.17, 15) is 4.79 Å². The third-order valence-electron chi connectivity index (χ3n) is 6.02. The Kier molecular flexibility index (Phi) is 4.77. The minimum Gasteiger partial charge on any atom is -0.481 e. The first-order chi connectivity index (χ1) is 12.7. The van der Waals surface area contributed by atoms with E-state index < -0.39 is 0 Å². The van der Waals surface area contributed by atoms with Crippen molar-refractivity contribution in [1.82, 2.24) is 9.88 Å². The number of fused-ring (bicyclic) bond motifs is 2. The molecule has 0 spiro atoms. The summed E-state index contributed by atoms with van der Waals surface area (Å²) in [7, 11) is 1.60. The van der Waals surface area contributed by atoms with Crippen molar-refractivity contribution in [2.75, 3.05) is 7.11 Å².